The number of ether oxygens (including phenoxy) is 1. The van der Waals surface area contributed by atoms with Gasteiger partial charge in [0.25, 0.3) is 0 Å². The van der Waals surface area contributed by atoms with E-state index in [9.17, 15) is 5.11 Å². The summed E-state index contributed by atoms with van der Waals surface area (Å²) in [5.74, 6) is 0. The molecule has 0 aliphatic heterocycles. The van der Waals surface area contributed by atoms with Crippen LogP contribution in [0.3, 0.4) is 0 Å². The van der Waals surface area contributed by atoms with Gasteiger partial charge in [-0.25, -0.2) is 0 Å². The Morgan fingerprint density at radius 2 is 2.23 bits per heavy atom. The van der Waals surface area contributed by atoms with Crippen LogP contribution >= 0.6 is 0 Å². The van der Waals surface area contributed by atoms with Crippen molar-refractivity contribution in [1.82, 2.24) is 0 Å². The average molecular weight is 180 g/mol. The normalized spacial score (nSPS) is 12.8. The maximum absolute atomic E-state index is 9.34. The van der Waals surface area contributed by atoms with Gasteiger partial charge < -0.3 is 9.84 Å². The third-order valence-corrected chi connectivity index (χ3v) is 2.03. The fraction of sp³-hybridized carbons (Fsp3) is 0.455. The van der Waals surface area contributed by atoms with E-state index in [1.165, 1.54) is 5.56 Å². The fourth-order valence-electron chi connectivity index (χ4n) is 1.23. The summed E-state index contributed by atoms with van der Waals surface area (Å²) in [5, 5.41) is 9.34. The number of hydrogen-bond acceptors (Lipinski definition) is 2. The van der Waals surface area contributed by atoms with E-state index in [1.54, 1.807) is 14.0 Å². The summed E-state index contributed by atoms with van der Waals surface area (Å²) in [4.78, 5) is 0. The van der Waals surface area contributed by atoms with Crippen LogP contribution in [0, 0.1) is 0 Å². The number of methoxy groups -OCH3 is 1. The van der Waals surface area contributed by atoms with Gasteiger partial charge in [-0.1, -0.05) is 24.3 Å². The first kappa shape index (κ1) is 10.2. The van der Waals surface area contributed by atoms with E-state index in [4.69, 9.17) is 4.74 Å². The molecular weight excluding hydrogens is 164 g/mol. The highest BCUT2D eigenvalue weighted by atomic mass is 16.5. The molecule has 0 aliphatic carbocycles. The third-order valence-electron chi connectivity index (χ3n) is 2.03. The van der Waals surface area contributed by atoms with E-state index in [2.05, 4.69) is 0 Å². The first-order valence-corrected chi connectivity index (χ1v) is 4.50. The Kier molecular flexibility index (Phi) is 3.93. The van der Waals surface area contributed by atoms with E-state index in [0.717, 1.165) is 18.6 Å². The predicted octanol–water partition coefficient (Wildman–Crippen LogP) is 1.93. The summed E-state index contributed by atoms with van der Waals surface area (Å²) >= 11 is 0. The molecule has 1 aromatic carbocycles. The lowest BCUT2D eigenvalue weighted by Crippen LogP contribution is -1.97. The van der Waals surface area contributed by atoms with Crippen LogP contribution in [0.1, 0.15) is 24.2 Å². The minimum atomic E-state index is -0.387. The Balaban J connectivity index is 2.68. The molecule has 1 unspecified atom stereocenters. The van der Waals surface area contributed by atoms with Gasteiger partial charge in [0.1, 0.15) is 0 Å². The van der Waals surface area contributed by atoms with Crippen LogP contribution in [-0.2, 0) is 11.2 Å². The molecule has 0 radical (unpaired) electrons. The molecule has 0 amide bonds. The van der Waals surface area contributed by atoms with E-state index < -0.39 is 0 Å². The molecule has 1 aromatic rings. The van der Waals surface area contributed by atoms with Crippen molar-refractivity contribution in [3.05, 3.63) is 35.4 Å². The second-order valence-corrected chi connectivity index (χ2v) is 3.16. The van der Waals surface area contributed by atoms with Crippen LogP contribution in [0.2, 0.25) is 0 Å². The number of rotatable bonds is 4. The fourth-order valence-corrected chi connectivity index (χ4v) is 1.23. The van der Waals surface area contributed by atoms with Crippen molar-refractivity contribution in [2.24, 2.45) is 0 Å². The Morgan fingerprint density at radius 1 is 1.46 bits per heavy atom. The molecule has 72 valence electrons. The van der Waals surface area contributed by atoms with Crippen LogP contribution in [0.15, 0.2) is 24.3 Å². The van der Waals surface area contributed by atoms with Crippen molar-refractivity contribution in [1.29, 1.82) is 0 Å². The zero-order valence-corrected chi connectivity index (χ0v) is 8.16. The topological polar surface area (TPSA) is 29.5 Å². The zero-order chi connectivity index (χ0) is 9.68. The highest BCUT2D eigenvalue weighted by Crippen LogP contribution is 2.13. The summed E-state index contributed by atoms with van der Waals surface area (Å²) in [6.45, 7) is 2.50. The molecule has 0 aromatic heterocycles. The lowest BCUT2D eigenvalue weighted by atomic mass is 10.1. The molecule has 0 saturated carbocycles. The van der Waals surface area contributed by atoms with Gasteiger partial charge in [-0.2, -0.15) is 0 Å². The quantitative estimate of drug-likeness (QED) is 0.767. The van der Waals surface area contributed by atoms with Crippen LogP contribution in [0.4, 0.5) is 0 Å². The maximum Gasteiger partial charge on any atom is 0.0762 e. The number of aliphatic hydroxyl groups excluding tert-OH is 1. The standard InChI is InChI=1S/C11H16O2/c1-9(12)11-5-3-4-10(8-11)6-7-13-2/h3-5,8-9,12H,6-7H2,1-2H3. The van der Waals surface area contributed by atoms with Gasteiger partial charge in [0, 0.05) is 7.11 Å². The van der Waals surface area contributed by atoms with Crippen LogP contribution in [0.25, 0.3) is 0 Å². The van der Waals surface area contributed by atoms with Gasteiger partial charge in [0.15, 0.2) is 0 Å². The van der Waals surface area contributed by atoms with Crippen LogP contribution in [-0.4, -0.2) is 18.8 Å². The molecule has 1 rings (SSSR count). The van der Waals surface area contributed by atoms with Crippen molar-refractivity contribution in [3.8, 4) is 0 Å². The Morgan fingerprint density at radius 3 is 2.85 bits per heavy atom. The van der Waals surface area contributed by atoms with E-state index in [-0.39, 0.29) is 6.10 Å². The van der Waals surface area contributed by atoms with Crippen LogP contribution in [0.5, 0.6) is 0 Å². The Bertz CT molecular complexity index is 256. The number of benzene rings is 1. The minimum absolute atomic E-state index is 0.387. The lowest BCUT2D eigenvalue weighted by Gasteiger charge is -2.06. The van der Waals surface area contributed by atoms with Crippen molar-refractivity contribution in [2.45, 2.75) is 19.4 Å². The molecular formula is C11H16O2. The van der Waals surface area contributed by atoms with Crippen LogP contribution < -0.4 is 0 Å². The van der Waals surface area contributed by atoms with Gasteiger partial charge in [-0.3, -0.25) is 0 Å². The molecule has 0 bridgehead atoms. The van der Waals surface area contributed by atoms with Gasteiger partial charge in [0.2, 0.25) is 0 Å². The van der Waals surface area contributed by atoms with Gasteiger partial charge in [-0.15, -0.1) is 0 Å². The monoisotopic (exact) mass is 180 g/mol. The highest BCUT2D eigenvalue weighted by Gasteiger charge is 2.00. The van der Waals surface area contributed by atoms with Gasteiger partial charge in [-0.05, 0) is 24.5 Å². The second kappa shape index (κ2) is 5.00. The summed E-state index contributed by atoms with van der Waals surface area (Å²) in [6, 6.07) is 7.96. The van der Waals surface area contributed by atoms with Crippen molar-refractivity contribution in [2.75, 3.05) is 13.7 Å². The van der Waals surface area contributed by atoms with Crippen molar-refractivity contribution < 1.29 is 9.84 Å². The molecule has 13 heavy (non-hydrogen) atoms. The molecule has 0 heterocycles. The van der Waals surface area contributed by atoms with E-state index in [0.29, 0.717) is 0 Å². The molecule has 0 fully saturated rings. The summed E-state index contributed by atoms with van der Waals surface area (Å²) in [6.07, 6.45) is 0.513. The number of hydrogen-bond donors (Lipinski definition) is 1. The first-order chi connectivity index (χ1) is 6.24. The second-order valence-electron chi connectivity index (χ2n) is 3.16. The predicted molar refractivity (Wildman–Crippen MR) is 52.7 cm³/mol. The third kappa shape index (κ3) is 3.17. The lowest BCUT2D eigenvalue weighted by molar-refractivity contribution is 0.197. The molecule has 0 aliphatic rings. The Labute approximate surface area is 79.2 Å². The average Bonchev–Trinajstić information content (AvgIpc) is 2.15. The Hall–Kier alpha value is -0.860. The summed E-state index contributed by atoms with van der Waals surface area (Å²) < 4.78 is 4.98. The zero-order valence-electron chi connectivity index (χ0n) is 8.16. The molecule has 0 spiro atoms. The smallest absolute Gasteiger partial charge is 0.0762 e. The van der Waals surface area contributed by atoms with E-state index in [1.807, 2.05) is 24.3 Å². The maximum atomic E-state index is 9.34. The first-order valence-electron chi connectivity index (χ1n) is 4.50. The van der Waals surface area contributed by atoms with Crippen molar-refractivity contribution >= 4 is 0 Å². The molecule has 2 heteroatoms. The molecule has 1 atom stereocenters. The minimum Gasteiger partial charge on any atom is -0.389 e. The highest BCUT2D eigenvalue weighted by molar-refractivity contribution is 5.24. The largest absolute Gasteiger partial charge is 0.389 e. The van der Waals surface area contributed by atoms with Gasteiger partial charge in [0.05, 0.1) is 12.7 Å². The van der Waals surface area contributed by atoms with Crippen molar-refractivity contribution in [3.63, 3.8) is 0 Å². The molecule has 0 saturated heterocycles. The summed E-state index contributed by atoms with van der Waals surface area (Å²) in [7, 11) is 1.69. The SMILES string of the molecule is COCCc1cccc(C(C)O)c1. The number of aliphatic hydroxyl groups is 1. The van der Waals surface area contributed by atoms with Gasteiger partial charge >= 0.3 is 0 Å². The summed E-state index contributed by atoms with van der Waals surface area (Å²) in [5.41, 5.74) is 2.17. The van der Waals surface area contributed by atoms with E-state index >= 15 is 0 Å². The molecule has 1 N–H and O–H groups in total. The molecule has 2 nitrogen and oxygen atoms in total.